The highest BCUT2D eigenvalue weighted by molar-refractivity contribution is 6.10. The fourth-order valence-electron chi connectivity index (χ4n) is 4.56. The van der Waals surface area contributed by atoms with Gasteiger partial charge in [-0.05, 0) is 66.5 Å². The Morgan fingerprint density at radius 1 is 0.971 bits per heavy atom. The number of benzene rings is 1. The number of aliphatic hydroxyl groups excluding tert-OH is 2. The molecular weight excluding hydrogens is 448 g/mol. The maximum absolute atomic E-state index is 14.0. The number of phenols is 1. The van der Waals surface area contributed by atoms with E-state index in [9.17, 15) is 24.9 Å². The van der Waals surface area contributed by atoms with E-state index >= 15 is 0 Å². The molecule has 0 unspecified atom stereocenters. The number of ether oxygens (including phenoxy) is 1. The van der Waals surface area contributed by atoms with E-state index in [0.29, 0.717) is 11.3 Å². The van der Waals surface area contributed by atoms with Crippen molar-refractivity contribution >= 4 is 28.6 Å². The number of aromatic hydroxyl groups is 1. The molecule has 184 valence electrons. The number of phenolic OH excluding ortho intramolecular Hbond substituents is 1. The van der Waals surface area contributed by atoms with Gasteiger partial charge in [-0.3, -0.25) is 9.59 Å². The summed E-state index contributed by atoms with van der Waals surface area (Å²) in [5, 5.41) is 32.3. The topological polar surface area (TPSA) is 117 Å². The van der Waals surface area contributed by atoms with E-state index in [2.05, 4.69) is 0 Å². The lowest BCUT2D eigenvalue weighted by Crippen LogP contribution is -2.44. The second kappa shape index (κ2) is 8.18. The number of fused-ring (bicyclic) bond motifs is 3. The zero-order valence-corrected chi connectivity index (χ0v) is 20.8. The summed E-state index contributed by atoms with van der Waals surface area (Å²) < 4.78 is 11.9. The SMILES string of the molecule is CC(C)=CCC1(CC=C(C)C)C(=O)C(O)=C(O)c2oc3cc4c(c(O)c3c(=O)c21)C=CC(C)(C)O4. The standard InChI is InChI=1S/C28H30O7/c1-14(2)7-11-28(12-8-15(3)4)20-22(30)19-18(34-25(20)23(31)24(32)26(28)33)13-17-16(21(19)29)9-10-27(5,6)35-17/h7-10,13,29,31-32H,11-12H2,1-6H3. The van der Waals surface area contributed by atoms with Crippen LogP contribution in [0.2, 0.25) is 0 Å². The minimum absolute atomic E-state index is 0.0249. The Balaban J connectivity index is 2.14. The van der Waals surface area contributed by atoms with Gasteiger partial charge in [-0.2, -0.15) is 0 Å². The molecule has 0 bridgehead atoms. The van der Waals surface area contributed by atoms with Crippen LogP contribution in [0.3, 0.4) is 0 Å². The highest BCUT2D eigenvalue weighted by Gasteiger charge is 2.50. The maximum Gasteiger partial charge on any atom is 0.212 e. The van der Waals surface area contributed by atoms with Crippen LogP contribution in [0.15, 0.2) is 50.4 Å². The van der Waals surface area contributed by atoms with E-state index in [1.165, 1.54) is 6.07 Å². The molecular formula is C28H30O7. The number of hydrogen-bond acceptors (Lipinski definition) is 7. The number of hydrogen-bond donors (Lipinski definition) is 3. The lowest BCUT2D eigenvalue weighted by Gasteiger charge is -2.35. The summed E-state index contributed by atoms with van der Waals surface area (Å²) in [6.07, 6.45) is 7.27. The van der Waals surface area contributed by atoms with Crippen molar-refractivity contribution in [3.05, 3.63) is 68.3 Å². The molecule has 0 amide bonds. The minimum atomic E-state index is -1.52. The van der Waals surface area contributed by atoms with E-state index < -0.39 is 33.7 Å². The Morgan fingerprint density at radius 2 is 1.57 bits per heavy atom. The monoisotopic (exact) mass is 478 g/mol. The number of aliphatic hydroxyl groups is 2. The molecule has 7 heteroatoms. The van der Waals surface area contributed by atoms with Gasteiger partial charge < -0.3 is 24.5 Å². The lowest BCUT2D eigenvalue weighted by atomic mass is 9.67. The largest absolute Gasteiger partial charge is 0.506 e. The fourth-order valence-corrected chi connectivity index (χ4v) is 4.56. The van der Waals surface area contributed by atoms with Crippen LogP contribution < -0.4 is 10.2 Å². The number of ketones is 1. The molecule has 3 N–H and O–H groups in total. The Labute approximate surface area is 203 Å². The molecule has 0 radical (unpaired) electrons. The van der Waals surface area contributed by atoms with Gasteiger partial charge in [0.25, 0.3) is 0 Å². The van der Waals surface area contributed by atoms with Crippen molar-refractivity contribution in [3.63, 3.8) is 0 Å². The molecule has 35 heavy (non-hydrogen) atoms. The van der Waals surface area contributed by atoms with Crippen molar-refractivity contribution in [1.29, 1.82) is 0 Å². The van der Waals surface area contributed by atoms with E-state index in [-0.39, 0.29) is 40.9 Å². The quantitative estimate of drug-likeness (QED) is 0.461. The van der Waals surface area contributed by atoms with Crippen LogP contribution >= 0.6 is 0 Å². The van der Waals surface area contributed by atoms with Crippen molar-refractivity contribution < 1.29 is 29.3 Å². The third kappa shape index (κ3) is 3.85. The van der Waals surface area contributed by atoms with Crippen LogP contribution in [-0.2, 0) is 10.2 Å². The summed E-state index contributed by atoms with van der Waals surface area (Å²) in [6, 6.07) is 1.48. The molecule has 1 aliphatic heterocycles. The van der Waals surface area contributed by atoms with Crippen LogP contribution in [0.1, 0.15) is 71.3 Å². The summed E-state index contributed by atoms with van der Waals surface area (Å²) in [4.78, 5) is 27.5. The first-order chi connectivity index (χ1) is 16.3. The lowest BCUT2D eigenvalue weighted by molar-refractivity contribution is -0.123. The second-order valence-corrected chi connectivity index (χ2v) is 10.3. The molecule has 0 saturated heterocycles. The van der Waals surface area contributed by atoms with Gasteiger partial charge in [0.2, 0.25) is 22.7 Å². The molecule has 2 aromatic rings. The van der Waals surface area contributed by atoms with Gasteiger partial charge in [0, 0.05) is 6.07 Å². The highest BCUT2D eigenvalue weighted by Crippen LogP contribution is 2.47. The van der Waals surface area contributed by atoms with Gasteiger partial charge in [-0.1, -0.05) is 23.3 Å². The van der Waals surface area contributed by atoms with Gasteiger partial charge in [-0.25, -0.2) is 0 Å². The predicted molar refractivity (Wildman–Crippen MR) is 135 cm³/mol. The second-order valence-electron chi connectivity index (χ2n) is 10.3. The zero-order chi connectivity index (χ0) is 25.9. The number of rotatable bonds is 4. The number of Topliss-reactive ketones (excluding diaryl/α,β-unsaturated/α-hetero) is 1. The van der Waals surface area contributed by atoms with Crippen LogP contribution in [0, 0.1) is 0 Å². The molecule has 0 fully saturated rings. The zero-order valence-electron chi connectivity index (χ0n) is 20.8. The molecule has 1 aliphatic carbocycles. The van der Waals surface area contributed by atoms with Gasteiger partial charge in [0.15, 0.2) is 5.76 Å². The average molecular weight is 479 g/mol. The summed E-state index contributed by atoms with van der Waals surface area (Å²) in [5.41, 5.74) is -0.754. The van der Waals surface area contributed by atoms with E-state index in [1.807, 2.05) is 53.7 Å². The first-order valence-electron chi connectivity index (χ1n) is 11.5. The van der Waals surface area contributed by atoms with Gasteiger partial charge >= 0.3 is 0 Å². The van der Waals surface area contributed by atoms with Gasteiger partial charge in [0.1, 0.15) is 28.1 Å². The summed E-state index contributed by atoms with van der Waals surface area (Å²) in [6.45, 7) is 11.1. The summed E-state index contributed by atoms with van der Waals surface area (Å²) in [5.74, 6) is -2.73. The predicted octanol–water partition coefficient (Wildman–Crippen LogP) is 6.00. The minimum Gasteiger partial charge on any atom is -0.506 e. The molecule has 2 aliphatic rings. The third-order valence-corrected chi connectivity index (χ3v) is 6.47. The highest BCUT2D eigenvalue weighted by atomic mass is 16.5. The molecule has 0 atom stereocenters. The van der Waals surface area contributed by atoms with Crippen molar-refractivity contribution in [1.82, 2.24) is 0 Å². The number of carbonyl (C=O) groups is 1. The number of carbonyl (C=O) groups excluding carboxylic acids is 1. The van der Waals surface area contributed by atoms with Crippen molar-refractivity contribution in [2.24, 2.45) is 0 Å². The van der Waals surface area contributed by atoms with Crippen molar-refractivity contribution in [3.8, 4) is 11.5 Å². The van der Waals surface area contributed by atoms with Crippen LogP contribution in [0.5, 0.6) is 11.5 Å². The summed E-state index contributed by atoms with van der Waals surface area (Å²) in [7, 11) is 0. The van der Waals surface area contributed by atoms with Crippen LogP contribution in [0.25, 0.3) is 22.8 Å². The van der Waals surface area contributed by atoms with Crippen molar-refractivity contribution in [2.75, 3.05) is 0 Å². The molecule has 7 nitrogen and oxygen atoms in total. The molecule has 1 aromatic heterocycles. The average Bonchev–Trinajstić information content (AvgIpc) is 2.76. The Kier molecular flexibility index (Phi) is 5.70. The van der Waals surface area contributed by atoms with Crippen LogP contribution in [-0.4, -0.2) is 26.7 Å². The van der Waals surface area contributed by atoms with Gasteiger partial charge in [-0.15, -0.1) is 0 Å². The third-order valence-electron chi connectivity index (χ3n) is 6.47. The normalized spacial score (nSPS) is 17.5. The number of allylic oxidation sites excluding steroid dienone is 5. The molecule has 1 aromatic carbocycles. The van der Waals surface area contributed by atoms with Crippen molar-refractivity contribution in [2.45, 2.75) is 65.4 Å². The Bertz CT molecular complexity index is 1420. The van der Waals surface area contributed by atoms with E-state index in [1.54, 1.807) is 12.2 Å². The fraction of sp³-hybridized carbons (Fsp3) is 0.357. The summed E-state index contributed by atoms with van der Waals surface area (Å²) >= 11 is 0. The first kappa shape index (κ1) is 24.4. The Morgan fingerprint density at radius 3 is 2.14 bits per heavy atom. The molecule has 4 rings (SSSR count). The first-order valence-corrected chi connectivity index (χ1v) is 11.5. The van der Waals surface area contributed by atoms with Gasteiger partial charge in [0.05, 0.1) is 16.5 Å². The molecule has 2 heterocycles. The maximum atomic E-state index is 14.0. The molecule has 0 saturated carbocycles. The van der Waals surface area contributed by atoms with E-state index in [4.69, 9.17) is 9.15 Å². The van der Waals surface area contributed by atoms with Crippen LogP contribution in [0.4, 0.5) is 0 Å². The van der Waals surface area contributed by atoms with E-state index in [0.717, 1.165) is 11.1 Å². The smallest absolute Gasteiger partial charge is 0.212 e. The Hall–Kier alpha value is -3.74. The molecule has 0 spiro atoms.